The number of nitrogens with one attached hydrogen (secondary N) is 1. The Kier molecular flexibility index (Phi) is 5.07. The number of imidazole rings is 1. The van der Waals surface area contributed by atoms with Crippen LogP contribution < -0.4 is 9.84 Å². The number of rotatable bonds is 6. The third kappa shape index (κ3) is 4.05. The summed E-state index contributed by atoms with van der Waals surface area (Å²) in [5.74, 6) is 0. The van der Waals surface area contributed by atoms with Gasteiger partial charge in [-0.1, -0.05) is 24.3 Å². The van der Waals surface area contributed by atoms with E-state index in [1.165, 1.54) is 37.6 Å². The summed E-state index contributed by atoms with van der Waals surface area (Å²) in [7, 11) is -2.63. The Morgan fingerprint density at radius 2 is 1.80 bits per heavy atom. The first-order chi connectivity index (χ1) is 14.2. The molecule has 0 atom stereocenters. The fourth-order valence-corrected chi connectivity index (χ4v) is 4.32. The summed E-state index contributed by atoms with van der Waals surface area (Å²) >= 11 is 0. The van der Waals surface area contributed by atoms with Crippen LogP contribution in [0.15, 0.2) is 66.0 Å². The standard InChI is InChI=1S/C20H19F3N4O2S/c1-26(25-30(28,29)15-6-3-2-4-7-15)18-9-5-8-16(20(21,22)23)19(18)17-12-27(13-24-17)14-10-11-14/h2-9,12-14,25H,10-11H2,1H3. The molecule has 1 N–H and O–H groups in total. The molecule has 1 aromatic heterocycles. The molecule has 2 aromatic carbocycles. The van der Waals surface area contributed by atoms with E-state index in [-0.39, 0.29) is 27.9 Å². The summed E-state index contributed by atoms with van der Waals surface area (Å²) in [5, 5.41) is 1.07. The molecular formula is C20H19F3N4O2S. The smallest absolute Gasteiger partial charge is 0.334 e. The number of aromatic nitrogens is 2. The third-order valence-electron chi connectivity index (χ3n) is 4.85. The molecule has 1 aliphatic rings. The fraction of sp³-hybridized carbons (Fsp3) is 0.250. The summed E-state index contributed by atoms with van der Waals surface area (Å²) < 4.78 is 68.4. The van der Waals surface area contributed by atoms with Crippen LogP contribution in [0, 0.1) is 0 Å². The van der Waals surface area contributed by atoms with Gasteiger partial charge in [0.05, 0.1) is 28.2 Å². The Bertz CT molecular complexity index is 1160. The van der Waals surface area contributed by atoms with Crippen LogP contribution in [0.1, 0.15) is 24.4 Å². The number of benzene rings is 2. The van der Waals surface area contributed by atoms with Crippen molar-refractivity contribution in [3.8, 4) is 11.3 Å². The summed E-state index contributed by atoms with van der Waals surface area (Å²) in [6.45, 7) is 0. The maximum atomic E-state index is 13.8. The summed E-state index contributed by atoms with van der Waals surface area (Å²) in [4.78, 5) is 6.50. The van der Waals surface area contributed by atoms with Gasteiger partial charge < -0.3 is 4.57 Å². The first-order valence-corrected chi connectivity index (χ1v) is 10.7. The van der Waals surface area contributed by atoms with E-state index in [4.69, 9.17) is 0 Å². The van der Waals surface area contributed by atoms with Gasteiger partial charge >= 0.3 is 6.18 Å². The normalized spacial score (nSPS) is 14.7. The van der Waals surface area contributed by atoms with Crippen molar-refractivity contribution in [1.82, 2.24) is 14.4 Å². The maximum Gasteiger partial charge on any atom is 0.417 e. The number of sulfonamides is 1. The van der Waals surface area contributed by atoms with Crippen molar-refractivity contribution < 1.29 is 21.6 Å². The quantitative estimate of drug-likeness (QED) is 0.587. The Morgan fingerprint density at radius 1 is 1.10 bits per heavy atom. The molecule has 10 heteroatoms. The van der Waals surface area contributed by atoms with Crippen LogP contribution in [0.2, 0.25) is 0 Å². The van der Waals surface area contributed by atoms with E-state index >= 15 is 0 Å². The molecule has 3 aromatic rings. The molecule has 0 spiro atoms. The average Bonchev–Trinajstić information content (AvgIpc) is 3.44. The van der Waals surface area contributed by atoms with Crippen LogP contribution in [0.5, 0.6) is 0 Å². The van der Waals surface area contributed by atoms with Crippen molar-refractivity contribution in [3.63, 3.8) is 0 Å². The number of alkyl halides is 3. The molecule has 1 aliphatic carbocycles. The molecule has 0 unspecified atom stereocenters. The van der Waals surface area contributed by atoms with Crippen molar-refractivity contribution in [1.29, 1.82) is 0 Å². The molecule has 0 radical (unpaired) electrons. The first-order valence-electron chi connectivity index (χ1n) is 9.22. The highest BCUT2D eigenvalue weighted by Gasteiger charge is 2.36. The van der Waals surface area contributed by atoms with Crippen molar-refractivity contribution in [3.05, 3.63) is 66.6 Å². The van der Waals surface area contributed by atoms with Crippen molar-refractivity contribution in [2.45, 2.75) is 30.0 Å². The predicted molar refractivity (Wildman–Crippen MR) is 106 cm³/mol. The van der Waals surface area contributed by atoms with Gasteiger partial charge in [0.25, 0.3) is 10.0 Å². The molecule has 4 rings (SSSR count). The lowest BCUT2D eigenvalue weighted by molar-refractivity contribution is -0.137. The number of anilines is 1. The minimum Gasteiger partial charge on any atom is -0.334 e. The van der Waals surface area contributed by atoms with Crippen LogP contribution in [0.4, 0.5) is 18.9 Å². The highest BCUT2D eigenvalue weighted by Crippen LogP contribution is 2.42. The van der Waals surface area contributed by atoms with Gasteiger partial charge in [-0.05, 0) is 37.1 Å². The number of hydrazine groups is 1. The van der Waals surface area contributed by atoms with E-state index in [1.54, 1.807) is 29.0 Å². The van der Waals surface area contributed by atoms with Gasteiger partial charge in [-0.15, -0.1) is 4.83 Å². The van der Waals surface area contributed by atoms with Gasteiger partial charge in [0, 0.05) is 24.8 Å². The largest absolute Gasteiger partial charge is 0.417 e. The zero-order valence-corrected chi connectivity index (χ0v) is 16.8. The molecule has 6 nitrogen and oxygen atoms in total. The molecule has 0 bridgehead atoms. The van der Waals surface area contributed by atoms with Crippen molar-refractivity contribution in [2.24, 2.45) is 0 Å². The second-order valence-electron chi connectivity index (χ2n) is 7.10. The second-order valence-corrected chi connectivity index (χ2v) is 8.76. The van der Waals surface area contributed by atoms with Crippen LogP contribution in [-0.4, -0.2) is 25.0 Å². The topological polar surface area (TPSA) is 67.2 Å². The Morgan fingerprint density at radius 3 is 2.43 bits per heavy atom. The Balaban J connectivity index is 1.77. The van der Waals surface area contributed by atoms with E-state index in [1.807, 2.05) is 0 Å². The SMILES string of the molecule is CN(NS(=O)(=O)c1ccccc1)c1cccc(C(F)(F)F)c1-c1cn(C2CC2)cn1. The lowest BCUT2D eigenvalue weighted by Gasteiger charge is -2.24. The van der Waals surface area contributed by atoms with Gasteiger partial charge in [0.1, 0.15) is 0 Å². The van der Waals surface area contributed by atoms with E-state index in [9.17, 15) is 21.6 Å². The molecule has 0 amide bonds. The van der Waals surface area contributed by atoms with Gasteiger partial charge in [-0.25, -0.2) is 13.4 Å². The lowest BCUT2D eigenvalue weighted by atomic mass is 10.0. The Labute approximate surface area is 172 Å². The fourth-order valence-electron chi connectivity index (χ4n) is 3.25. The van der Waals surface area contributed by atoms with Crippen LogP contribution in [0.3, 0.4) is 0 Å². The number of hydrogen-bond acceptors (Lipinski definition) is 4. The molecule has 1 heterocycles. The highest BCUT2D eigenvalue weighted by molar-refractivity contribution is 7.89. The molecule has 0 saturated heterocycles. The zero-order valence-electron chi connectivity index (χ0n) is 16.0. The molecule has 1 fully saturated rings. The van der Waals surface area contributed by atoms with Gasteiger partial charge in [-0.3, -0.25) is 5.01 Å². The highest BCUT2D eigenvalue weighted by atomic mass is 32.2. The third-order valence-corrected chi connectivity index (χ3v) is 6.25. The molecular weight excluding hydrogens is 417 g/mol. The second kappa shape index (κ2) is 7.44. The number of halogens is 3. The maximum absolute atomic E-state index is 13.8. The monoisotopic (exact) mass is 436 g/mol. The van der Waals surface area contributed by atoms with Crippen LogP contribution in [-0.2, 0) is 16.2 Å². The van der Waals surface area contributed by atoms with Gasteiger partial charge in [0.2, 0.25) is 0 Å². The van der Waals surface area contributed by atoms with Crippen molar-refractivity contribution >= 4 is 15.7 Å². The van der Waals surface area contributed by atoms with Gasteiger partial charge in [0.15, 0.2) is 0 Å². The summed E-state index contributed by atoms with van der Waals surface area (Å²) in [6, 6.07) is 11.5. The van der Waals surface area contributed by atoms with E-state index in [0.717, 1.165) is 23.9 Å². The molecule has 158 valence electrons. The molecule has 30 heavy (non-hydrogen) atoms. The summed E-state index contributed by atoms with van der Waals surface area (Å²) in [6.07, 6.45) is 0.373. The number of hydrogen-bond donors (Lipinski definition) is 1. The minimum absolute atomic E-state index is 0.00314. The van der Waals surface area contributed by atoms with Crippen molar-refractivity contribution in [2.75, 3.05) is 12.1 Å². The van der Waals surface area contributed by atoms with Crippen LogP contribution >= 0.6 is 0 Å². The Hall–Kier alpha value is -2.85. The molecule has 0 aliphatic heterocycles. The number of nitrogens with zero attached hydrogens (tertiary/aromatic N) is 3. The molecule has 1 saturated carbocycles. The van der Waals surface area contributed by atoms with Gasteiger partial charge in [-0.2, -0.15) is 13.2 Å². The zero-order chi connectivity index (χ0) is 21.5. The van der Waals surface area contributed by atoms with E-state index in [0.29, 0.717) is 0 Å². The lowest BCUT2D eigenvalue weighted by Crippen LogP contribution is -2.39. The average molecular weight is 436 g/mol. The first kappa shape index (κ1) is 20.4. The predicted octanol–water partition coefficient (Wildman–Crippen LogP) is 4.23. The minimum atomic E-state index is -4.63. The van der Waals surface area contributed by atoms with E-state index in [2.05, 4.69) is 9.82 Å². The van der Waals surface area contributed by atoms with Crippen LogP contribution in [0.25, 0.3) is 11.3 Å². The van der Waals surface area contributed by atoms with E-state index < -0.39 is 21.8 Å². The summed E-state index contributed by atoms with van der Waals surface area (Å²) in [5.41, 5.74) is -0.879.